The summed E-state index contributed by atoms with van der Waals surface area (Å²) in [4.78, 5) is 6.84. The molecule has 0 unspecified atom stereocenters. The Morgan fingerprint density at radius 1 is 1.37 bits per heavy atom. The highest BCUT2D eigenvalue weighted by Gasteiger charge is 2.04. The summed E-state index contributed by atoms with van der Waals surface area (Å²) in [7, 11) is 2.08. The second-order valence-electron chi connectivity index (χ2n) is 4.51. The minimum Gasteiger partial charge on any atom is -0.357 e. The number of hydrogen-bond acceptors (Lipinski definition) is 1. The van der Waals surface area contributed by atoms with E-state index in [2.05, 4.69) is 47.9 Å². The Labute approximate surface area is 117 Å². The van der Waals surface area contributed by atoms with Gasteiger partial charge in [0.1, 0.15) is 0 Å². The third-order valence-corrected chi connectivity index (χ3v) is 2.85. The molecule has 0 atom stereocenters. The lowest BCUT2D eigenvalue weighted by molar-refractivity contribution is 0.470. The van der Waals surface area contributed by atoms with Gasteiger partial charge in [-0.15, -0.1) is 6.58 Å². The summed E-state index contributed by atoms with van der Waals surface area (Å²) in [5.41, 5.74) is 1.23. The second kappa shape index (κ2) is 9.20. The van der Waals surface area contributed by atoms with Crippen molar-refractivity contribution >= 4 is 5.96 Å². The van der Waals surface area contributed by atoms with Crippen LogP contribution in [0.4, 0.5) is 0 Å². The Morgan fingerprint density at radius 3 is 2.74 bits per heavy atom. The number of rotatable bonds is 7. The van der Waals surface area contributed by atoms with Crippen molar-refractivity contribution in [3.63, 3.8) is 0 Å². The molecule has 0 spiro atoms. The van der Waals surface area contributed by atoms with Crippen molar-refractivity contribution in [2.24, 2.45) is 4.99 Å². The van der Waals surface area contributed by atoms with Crippen molar-refractivity contribution in [2.75, 3.05) is 20.1 Å². The van der Waals surface area contributed by atoms with Gasteiger partial charge in [-0.3, -0.25) is 0 Å². The molecular weight excluding hydrogens is 234 g/mol. The van der Waals surface area contributed by atoms with Crippen LogP contribution in [0.15, 0.2) is 48.0 Å². The molecule has 0 aliphatic rings. The third kappa shape index (κ3) is 6.09. The first-order valence-corrected chi connectivity index (χ1v) is 6.92. The molecule has 0 aliphatic heterocycles. The fraction of sp³-hybridized carbons (Fsp3) is 0.438. The van der Waals surface area contributed by atoms with Gasteiger partial charge >= 0.3 is 0 Å². The van der Waals surface area contributed by atoms with Gasteiger partial charge in [0.2, 0.25) is 0 Å². The smallest absolute Gasteiger partial charge is 0.193 e. The molecule has 0 fully saturated rings. The summed E-state index contributed by atoms with van der Waals surface area (Å²) in [6.45, 7) is 8.44. The van der Waals surface area contributed by atoms with Crippen LogP contribution in [0.25, 0.3) is 0 Å². The number of aliphatic imine (C=N–C) groups is 1. The van der Waals surface area contributed by atoms with Crippen molar-refractivity contribution in [3.8, 4) is 0 Å². The predicted molar refractivity (Wildman–Crippen MR) is 83.3 cm³/mol. The zero-order chi connectivity index (χ0) is 13.9. The van der Waals surface area contributed by atoms with E-state index in [-0.39, 0.29) is 0 Å². The fourth-order valence-corrected chi connectivity index (χ4v) is 1.80. The Bertz CT molecular complexity index is 384. The first-order chi connectivity index (χ1) is 9.27. The molecular formula is C16H25N3. The summed E-state index contributed by atoms with van der Waals surface area (Å²) in [5, 5.41) is 3.33. The molecule has 104 valence electrons. The van der Waals surface area contributed by atoms with Gasteiger partial charge < -0.3 is 10.2 Å². The normalized spacial score (nSPS) is 11.2. The quantitative estimate of drug-likeness (QED) is 0.353. The average molecular weight is 259 g/mol. The van der Waals surface area contributed by atoms with Crippen molar-refractivity contribution in [1.82, 2.24) is 10.2 Å². The molecule has 0 saturated carbocycles. The molecule has 0 aromatic heterocycles. The molecule has 3 heteroatoms. The van der Waals surface area contributed by atoms with E-state index >= 15 is 0 Å². The average Bonchev–Trinajstić information content (AvgIpc) is 2.44. The van der Waals surface area contributed by atoms with Crippen LogP contribution in [0.5, 0.6) is 0 Å². The van der Waals surface area contributed by atoms with Gasteiger partial charge in [-0.1, -0.05) is 36.4 Å². The first kappa shape index (κ1) is 15.3. The van der Waals surface area contributed by atoms with Gasteiger partial charge in [0.25, 0.3) is 0 Å². The highest BCUT2D eigenvalue weighted by Crippen LogP contribution is 2.01. The van der Waals surface area contributed by atoms with Crippen molar-refractivity contribution < 1.29 is 0 Å². The Balaban J connectivity index is 2.57. The summed E-state index contributed by atoms with van der Waals surface area (Å²) in [6, 6.07) is 10.3. The third-order valence-electron chi connectivity index (χ3n) is 2.85. The topological polar surface area (TPSA) is 27.6 Å². The van der Waals surface area contributed by atoms with E-state index in [0.717, 1.165) is 38.4 Å². The van der Waals surface area contributed by atoms with Crippen LogP contribution in [0, 0.1) is 0 Å². The number of unbranched alkanes of at least 4 members (excludes halogenated alkanes) is 1. The van der Waals surface area contributed by atoms with Crippen molar-refractivity contribution in [1.29, 1.82) is 0 Å². The fourth-order valence-electron chi connectivity index (χ4n) is 1.80. The van der Waals surface area contributed by atoms with Crippen molar-refractivity contribution in [2.45, 2.75) is 26.3 Å². The van der Waals surface area contributed by atoms with E-state index in [1.54, 1.807) is 0 Å². The number of allylic oxidation sites excluding steroid dienone is 1. The molecule has 0 amide bonds. The molecule has 1 aromatic carbocycles. The largest absolute Gasteiger partial charge is 0.357 e. The summed E-state index contributed by atoms with van der Waals surface area (Å²) >= 11 is 0. The standard InChI is InChI=1S/C16H25N3/c1-4-6-10-13-19(3)16(17-5-2)18-14-15-11-8-7-9-12-15/h4,7-9,11-12H,1,5-6,10,13-14H2,2-3H3,(H,17,18). The van der Waals surface area contributed by atoms with Crippen LogP contribution in [-0.4, -0.2) is 31.0 Å². The summed E-state index contributed by atoms with van der Waals surface area (Å²) in [6.07, 6.45) is 4.11. The minimum absolute atomic E-state index is 0.717. The molecule has 1 N–H and O–H groups in total. The predicted octanol–water partition coefficient (Wildman–Crippen LogP) is 3.05. The van der Waals surface area contributed by atoms with Crippen LogP contribution in [0.2, 0.25) is 0 Å². The molecule has 19 heavy (non-hydrogen) atoms. The number of nitrogens with one attached hydrogen (secondary N) is 1. The number of guanidine groups is 1. The maximum Gasteiger partial charge on any atom is 0.193 e. The molecule has 0 aliphatic carbocycles. The van der Waals surface area contributed by atoms with E-state index in [1.165, 1.54) is 5.56 Å². The van der Waals surface area contributed by atoms with Gasteiger partial charge in [-0.2, -0.15) is 0 Å². The molecule has 0 bridgehead atoms. The zero-order valence-electron chi connectivity index (χ0n) is 12.1. The lowest BCUT2D eigenvalue weighted by atomic mass is 10.2. The van der Waals surface area contributed by atoms with E-state index in [1.807, 2.05) is 24.3 Å². The number of nitrogens with zero attached hydrogens (tertiary/aromatic N) is 2. The Morgan fingerprint density at radius 2 is 2.11 bits per heavy atom. The lowest BCUT2D eigenvalue weighted by Gasteiger charge is -2.21. The van der Waals surface area contributed by atoms with Crippen LogP contribution < -0.4 is 5.32 Å². The lowest BCUT2D eigenvalue weighted by Crippen LogP contribution is -2.39. The van der Waals surface area contributed by atoms with Gasteiger partial charge in [0.05, 0.1) is 6.54 Å². The molecule has 1 aromatic rings. The van der Waals surface area contributed by atoms with E-state index in [4.69, 9.17) is 0 Å². The van der Waals surface area contributed by atoms with Crippen LogP contribution in [-0.2, 0) is 6.54 Å². The monoisotopic (exact) mass is 259 g/mol. The summed E-state index contributed by atoms with van der Waals surface area (Å²) < 4.78 is 0. The molecule has 0 radical (unpaired) electrons. The number of hydrogen-bond donors (Lipinski definition) is 1. The van der Waals surface area contributed by atoms with Gasteiger partial charge in [0.15, 0.2) is 5.96 Å². The highest BCUT2D eigenvalue weighted by atomic mass is 15.3. The number of benzene rings is 1. The molecule has 0 saturated heterocycles. The Hall–Kier alpha value is -1.77. The molecule has 3 nitrogen and oxygen atoms in total. The van der Waals surface area contributed by atoms with Crippen molar-refractivity contribution in [3.05, 3.63) is 48.6 Å². The maximum atomic E-state index is 4.67. The van der Waals surface area contributed by atoms with Gasteiger partial charge in [-0.05, 0) is 25.3 Å². The zero-order valence-corrected chi connectivity index (χ0v) is 12.1. The molecule has 0 heterocycles. The van der Waals surface area contributed by atoms with Crippen LogP contribution in [0.3, 0.4) is 0 Å². The van der Waals surface area contributed by atoms with E-state index in [0.29, 0.717) is 0 Å². The first-order valence-electron chi connectivity index (χ1n) is 6.92. The van der Waals surface area contributed by atoms with E-state index in [9.17, 15) is 0 Å². The van der Waals surface area contributed by atoms with Crippen LogP contribution >= 0.6 is 0 Å². The van der Waals surface area contributed by atoms with Gasteiger partial charge in [-0.25, -0.2) is 4.99 Å². The Kier molecular flexibility index (Phi) is 7.40. The maximum absolute atomic E-state index is 4.67. The summed E-state index contributed by atoms with van der Waals surface area (Å²) in [5.74, 6) is 0.968. The SMILES string of the molecule is C=CCCCN(C)C(=NCc1ccccc1)NCC. The molecule has 1 rings (SSSR count). The minimum atomic E-state index is 0.717. The van der Waals surface area contributed by atoms with Crippen LogP contribution in [0.1, 0.15) is 25.3 Å². The highest BCUT2D eigenvalue weighted by molar-refractivity contribution is 5.79. The van der Waals surface area contributed by atoms with Gasteiger partial charge in [0, 0.05) is 20.1 Å². The second-order valence-corrected chi connectivity index (χ2v) is 4.51. The van der Waals surface area contributed by atoms with E-state index < -0.39 is 0 Å².